The van der Waals surface area contributed by atoms with E-state index in [9.17, 15) is 4.79 Å². The van der Waals surface area contributed by atoms with E-state index in [4.69, 9.17) is 16.9 Å². The number of ether oxygens (including phenoxy) is 1. The number of terminal acetylenes is 1. The predicted molar refractivity (Wildman–Crippen MR) is 68.1 cm³/mol. The molecule has 4 N–H and O–H groups in total. The van der Waals surface area contributed by atoms with Crippen LogP contribution in [0.1, 0.15) is 9.67 Å². The first-order valence-electron chi connectivity index (χ1n) is 4.89. The quantitative estimate of drug-likeness (QED) is 0.496. The molecule has 1 aromatic rings. The predicted octanol–water partition coefficient (Wildman–Crippen LogP) is 0.147. The van der Waals surface area contributed by atoms with Gasteiger partial charge in [-0.25, -0.2) is 4.98 Å². The molecule has 0 atom stereocenters. The Bertz CT molecular complexity index is 424. The molecule has 0 aliphatic rings. The molecule has 0 spiro atoms. The van der Waals surface area contributed by atoms with Gasteiger partial charge in [0.05, 0.1) is 13.2 Å². The Morgan fingerprint density at radius 1 is 1.71 bits per heavy atom. The molecule has 0 fully saturated rings. The number of carbonyl (C=O) groups excluding carboxylic acids is 1. The van der Waals surface area contributed by atoms with Crippen molar-refractivity contribution in [2.75, 3.05) is 37.9 Å². The number of hydrogen-bond acceptors (Lipinski definition) is 6. The molecule has 0 aliphatic carbocycles. The number of nitrogens with two attached hydrogens (primary N) is 1. The van der Waals surface area contributed by atoms with E-state index >= 15 is 0 Å². The molecular weight excluding hydrogens is 240 g/mol. The number of aromatic nitrogens is 1. The van der Waals surface area contributed by atoms with Crippen molar-refractivity contribution in [2.24, 2.45) is 0 Å². The SMILES string of the molecule is C#CCNC(=O)c1sc(NCCOC)nc1N. The van der Waals surface area contributed by atoms with E-state index in [1.54, 1.807) is 7.11 Å². The molecule has 1 rings (SSSR count). The average molecular weight is 254 g/mol. The Kier molecular flexibility index (Phi) is 5.26. The van der Waals surface area contributed by atoms with E-state index in [0.29, 0.717) is 23.2 Å². The van der Waals surface area contributed by atoms with Crippen LogP contribution in [0.3, 0.4) is 0 Å². The van der Waals surface area contributed by atoms with Gasteiger partial charge in [0, 0.05) is 13.7 Å². The van der Waals surface area contributed by atoms with Crippen LogP contribution < -0.4 is 16.4 Å². The van der Waals surface area contributed by atoms with Gasteiger partial charge in [0.2, 0.25) is 0 Å². The van der Waals surface area contributed by atoms with Crippen LogP contribution >= 0.6 is 11.3 Å². The Morgan fingerprint density at radius 3 is 3.12 bits per heavy atom. The van der Waals surface area contributed by atoms with Crippen molar-refractivity contribution in [2.45, 2.75) is 0 Å². The second-order valence-corrected chi connectivity index (χ2v) is 4.04. The van der Waals surface area contributed by atoms with Gasteiger partial charge in [0.25, 0.3) is 5.91 Å². The molecule has 0 radical (unpaired) electrons. The molecule has 1 amide bonds. The molecule has 0 saturated carbocycles. The first-order valence-corrected chi connectivity index (χ1v) is 5.71. The lowest BCUT2D eigenvalue weighted by molar-refractivity contribution is 0.0963. The fourth-order valence-corrected chi connectivity index (χ4v) is 1.87. The van der Waals surface area contributed by atoms with E-state index in [-0.39, 0.29) is 18.3 Å². The highest BCUT2D eigenvalue weighted by Gasteiger charge is 2.15. The van der Waals surface area contributed by atoms with Crippen LogP contribution in [0.25, 0.3) is 0 Å². The number of hydrogen-bond donors (Lipinski definition) is 3. The van der Waals surface area contributed by atoms with Gasteiger partial charge in [-0.1, -0.05) is 17.3 Å². The number of nitrogens with zero attached hydrogens (tertiary/aromatic N) is 1. The fourth-order valence-electron chi connectivity index (χ4n) is 1.04. The Balaban J connectivity index is 2.61. The summed E-state index contributed by atoms with van der Waals surface area (Å²) in [5, 5.41) is 6.12. The van der Waals surface area contributed by atoms with Crippen LogP contribution in [0.4, 0.5) is 10.9 Å². The maximum atomic E-state index is 11.6. The molecular formula is C10H14N4O2S. The topological polar surface area (TPSA) is 89.3 Å². The summed E-state index contributed by atoms with van der Waals surface area (Å²) in [6, 6.07) is 0. The molecule has 0 unspecified atom stereocenters. The van der Waals surface area contributed by atoms with Crippen molar-refractivity contribution in [1.29, 1.82) is 0 Å². The molecule has 92 valence electrons. The van der Waals surface area contributed by atoms with Crippen LogP contribution in [-0.4, -0.2) is 37.7 Å². The molecule has 0 aromatic carbocycles. The second-order valence-electron chi connectivity index (χ2n) is 3.04. The number of amides is 1. The molecule has 0 saturated heterocycles. The lowest BCUT2D eigenvalue weighted by Gasteiger charge is -1.99. The van der Waals surface area contributed by atoms with Crippen molar-refractivity contribution < 1.29 is 9.53 Å². The molecule has 17 heavy (non-hydrogen) atoms. The summed E-state index contributed by atoms with van der Waals surface area (Å²) in [6.45, 7) is 1.33. The largest absolute Gasteiger partial charge is 0.383 e. The molecule has 6 nitrogen and oxygen atoms in total. The minimum atomic E-state index is -0.308. The Morgan fingerprint density at radius 2 is 2.47 bits per heavy atom. The molecule has 0 bridgehead atoms. The van der Waals surface area contributed by atoms with E-state index in [0.717, 1.165) is 0 Å². The number of anilines is 2. The maximum absolute atomic E-state index is 11.6. The van der Waals surface area contributed by atoms with Crippen LogP contribution in [-0.2, 0) is 4.74 Å². The maximum Gasteiger partial charge on any atom is 0.266 e. The van der Waals surface area contributed by atoms with Crippen molar-refractivity contribution in [1.82, 2.24) is 10.3 Å². The number of methoxy groups -OCH3 is 1. The molecule has 7 heteroatoms. The van der Waals surface area contributed by atoms with Gasteiger partial charge in [-0.05, 0) is 0 Å². The number of nitrogen functional groups attached to an aromatic ring is 1. The van der Waals surface area contributed by atoms with E-state index in [1.165, 1.54) is 11.3 Å². The van der Waals surface area contributed by atoms with E-state index in [2.05, 4.69) is 21.5 Å². The minimum absolute atomic E-state index is 0.169. The fraction of sp³-hybridized carbons (Fsp3) is 0.400. The summed E-state index contributed by atoms with van der Waals surface area (Å²) in [5.41, 5.74) is 5.63. The minimum Gasteiger partial charge on any atom is -0.383 e. The van der Waals surface area contributed by atoms with Gasteiger partial charge >= 0.3 is 0 Å². The molecule has 0 aliphatic heterocycles. The Labute approximate surface area is 104 Å². The zero-order valence-corrected chi connectivity index (χ0v) is 10.3. The highest BCUT2D eigenvalue weighted by atomic mass is 32.1. The van der Waals surface area contributed by atoms with Gasteiger partial charge in [-0.15, -0.1) is 6.42 Å². The third kappa shape index (κ3) is 3.94. The highest BCUT2D eigenvalue weighted by molar-refractivity contribution is 7.18. The molecule has 1 aromatic heterocycles. The van der Waals surface area contributed by atoms with E-state index < -0.39 is 0 Å². The smallest absolute Gasteiger partial charge is 0.266 e. The van der Waals surface area contributed by atoms with Crippen molar-refractivity contribution in [3.8, 4) is 12.3 Å². The number of rotatable bonds is 6. The van der Waals surface area contributed by atoms with E-state index in [1.807, 2.05) is 0 Å². The third-order valence-corrected chi connectivity index (χ3v) is 2.82. The first-order chi connectivity index (χ1) is 8.19. The van der Waals surface area contributed by atoms with Gasteiger partial charge < -0.3 is 21.1 Å². The van der Waals surface area contributed by atoms with Gasteiger partial charge in [0.1, 0.15) is 10.7 Å². The van der Waals surface area contributed by atoms with Gasteiger partial charge in [0.15, 0.2) is 5.13 Å². The summed E-state index contributed by atoms with van der Waals surface area (Å²) >= 11 is 1.19. The number of nitrogens with one attached hydrogen (secondary N) is 2. The summed E-state index contributed by atoms with van der Waals surface area (Å²) < 4.78 is 4.88. The van der Waals surface area contributed by atoms with Crippen LogP contribution in [0.2, 0.25) is 0 Å². The lowest BCUT2D eigenvalue weighted by atomic mass is 10.4. The lowest BCUT2D eigenvalue weighted by Crippen LogP contribution is -2.23. The first kappa shape index (κ1) is 13.3. The van der Waals surface area contributed by atoms with Gasteiger partial charge in [-0.2, -0.15) is 0 Å². The third-order valence-electron chi connectivity index (χ3n) is 1.79. The van der Waals surface area contributed by atoms with Crippen molar-refractivity contribution >= 4 is 28.2 Å². The summed E-state index contributed by atoms with van der Waals surface area (Å²) in [5.74, 6) is 2.21. The average Bonchev–Trinajstić information content (AvgIpc) is 2.68. The monoisotopic (exact) mass is 254 g/mol. The standard InChI is InChI=1S/C10H14N4O2S/c1-3-4-12-9(15)7-8(11)14-10(17-7)13-5-6-16-2/h1H,4-6,11H2,2H3,(H,12,15)(H,13,14). The van der Waals surface area contributed by atoms with Gasteiger partial charge in [-0.3, -0.25) is 4.79 Å². The second kappa shape index (κ2) is 6.73. The highest BCUT2D eigenvalue weighted by Crippen LogP contribution is 2.24. The number of thiazole rings is 1. The van der Waals surface area contributed by atoms with Crippen molar-refractivity contribution in [3.63, 3.8) is 0 Å². The molecule has 1 heterocycles. The summed E-state index contributed by atoms with van der Waals surface area (Å²) in [4.78, 5) is 16.0. The van der Waals surface area contributed by atoms with Crippen LogP contribution in [0.5, 0.6) is 0 Å². The number of carbonyl (C=O) groups is 1. The van der Waals surface area contributed by atoms with Crippen LogP contribution in [0, 0.1) is 12.3 Å². The summed E-state index contributed by atoms with van der Waals surface area (Å²) in [7, 11) is 1.61. The van der Waals surface area contributed by atoms with Crippen LogP contribution in [0.15, 0.2) is 0 Å². The zero-order chi connectivity index (χ0) is 12.7. The summed E-state index contributed by atoms with van der Waals surface area (Å²) in [6.07, 6.45) is 5.04. The van der Waals surface area contributed by atoms with Crippen molar-refractivity contribution in [3.05, 3.63) is 4.88 Å². The Hall–Kier alpha value is -1.78. The normalized spacial score (nSPS) is 9.65. The zero-order valence-electron chi connectivity index (χ0n) is 9.45.